The fourth-order valence-corrected chi connectivity index (χ4v) is 4.21. The van der Waals surface area contributed by atoms with E-state index in [1.54, 1.807) is 54.9 Å². The molecule has 0 aliphatic heterocycles. The Balaban J connectivity index is 1.65. The molecule has 1 fully saturated rings. The Morgan fingerprint density at radius 2 is 1.76 bits per heavy atom. The van der Waals surface area contributed by atoms with E-state index in [1.807, 2.05) is 0 Å². The summed E-state index contributed by atoms with van der Waals surface area (Å²) >= 11 is 6.07. The molecule has 2 N–H and O–H groups in total. The number of halogens is 1. The van der Waals surface area contributed by atoms with E-state index in [0.29, 0.717) is 16.3 Å². The summed E-state index contributed by atoms with van der Waals surface area (Å²) in [6, 6.07) is 12.3. The summed E-state index contributed by atoms with van der Waals surface area (Å²) in [6.45, 7) is -0.333. The van der Waals surface area contributed by atoms with Crippen LogP contribution >= 0.6 is 11.6 Å². The van der Waals surface area contributed by atoms with Gasteiger partial charge in [0.1, 0.15) is 6.04 Å². The molecule has 3 amide bonds. The van der Waals surface area contributed by atoms with Crippen LogP contribution in [0, 0.1) is 0 Å². The Labute approximate surface area is 202 Å². The summed E-state index contributed by atoms with van der Waals surface area (Å²) in [7, 11) is 0. The average Bonchev–Trinajstić information content (AvgIpc) is 3.57. The number of hydrogen-bond donors (Lipinski definition) is 2. The lowest BCUT2D eigenvalue weighted by Crippen LogP contribution is -2.49. The summed E-state index contributed by atoms with van der Waals surface area (Å²) in [5, 5.41) is 6.17. The van der Waals surface area contributed by atoms with E-state index < -0.39 is 17.9 Å². The third-order valence-electron chi connectivity index (χ3n) is 5.75. The Kier molecular flexibility index (Phi) is 7.59. The number of furan rings is 1. The first-order valence-electron chi connectivity index (χ1n) is 11.1. The highest BCUT2D eigenvalue weighted by atomic mass is 35.5. The Morgan fingerprint density at radius 3 is 2.41 bits per heavy atom. The van der Waals surface area contributed by atoms with Gasteiger partial charge in [-0.15, -0.1) is 0 Å². The van der Waals surface area contributed by atoms with Crippen molar-refractivity contribution in [2.24, 2.45) is 0 Å². The fourth-order valence-electron chi connectivity index (χ4n) is 4.09. The molecule has 3 aromatic rings. The van der Waals surface area contributed by atoms with E-state index >= 15 is 0 Å². The second-order valence-electron chi connectivity index (χ2n) is 8.07. The van der Waals surface area contributed by atoms with E-state index in [2.05, 4.69) is 15.6 Å². The van der Waals surface area contributed by atoms with Crippen molar-refractivity contribution in [3.63, 3.8) is 0 Å². The number of carbonyl (C=O) groups excluding carboxylic acids is 3. The quantitative estimate of drug-likeness (QED) is 0.509. The third kappa shape index (κ3) is 5.63. The SMILES string of the molecule is O=C(NCC(=O)N(c1ccc(Cl)cc1)[C@@H](C(=O)NC1CCCC1)c1ccncc1)c1ccco1. The molecule has 0 bridgehead atoms. The number of rotatable bonds is 8. The van der Waals surface area contributed by atoms with Crippen molar-refractivity contribution < 1.29 is 18.8 Å². The molecule has 1 atom stereocenters. The van der Waals surface area contributed by atoms with Crippen LogP contribution in [0.4, 0.5) is 5.69 Å². The maximum atomic E-state index is 13.6. The van der Waals surface area contributed by atoms with E-state index in [4.69, 9.17) is 16.0 Å². The van der Waals surface area contributed by atoms with E-state index in [9.17, 15) is 14.4 Å². The zero-order valence-electron chi connectivity index (χ0n) is 18.4. The van der Waals surface area contributed by atoms with Crippen molar-refractivity contribution in [3.8, 4) is 0 Å². The van der Waals surface area contributed by atoms with Gasteiger partial charge in [0.2, 0.25) is 11.8 Å². The van der Waals surface area contributed by atoms with Gasteiger partial charge in [0.15, 0.2) is 5.76 Å². The van der Waals surface area contributed by atoms with Crippen LogP contribution in [0.25, 0.3) is 0 Å². The number of nitrogens with one attached hydrogen (secondary N) is 2. The van der Waals surface area contributed by atoms with Gasteiger partial charge in [-0.2, -0.15) is 0 Å². The molecule has 2 aromatic heterocycles. The van der Waals surface area contributed by atoms with Crippen molar-refractivity contribution in [2.75, 3.05) is 11.4 Å². The first-order chi connectivity index (χ1) is 16.5. The Bertz CT molecular complexity index is 1110. The van der Waals surface area contributed by atoms with Gasteiger partial charge in [0.05, 0.1) is 12.8 Å². The van der Waals surface area contributed by atoms with Gasteiger partial charge >= 0.3 is 0 Å². The second-order valence-corrected chi connectivity index (χ2v) is 8.51. The van der Waals surface area contributed by atoms with Gasteiger partial charge in [0, 0.05) is 29.1 Å². The zero-order chi connectivity index (χ0) is 23.9. The first-order valence-corrected chi connectivity index (χ1v) is 11.5. The number of pyridine rings is 1. The summed E-state index contributed by atoms with van der Waals surface area (Å²) < 4.78 is 5.09. The van der Waals surface area contributed by atoms with Gasteiger partial charge in [-0.25, -0.2) is 0 Å². The molecule has 1 aliphatic rings. The van der Waals surface area contributed by atoms with Crippen molar-refractivity contribution >= 4 is 35.0 Å². The molecule has 2 heterocycles. The predicted molar refractivity (Wildman–Crippen MR) is 127 cm³/mol. The molecular formula is C25H25ClN4O4. The normalized spacial score (nSPS) is 14.4. The smallest absolute Gasteiger partial charge is 0.287 e. The minimum atomic E-state index is -0.960. The summed E-state index contributed by atoms with van der Waals surface area (Å²) in [5.74, 6) is -1.19. The van der Waals surface area contributed by atoms with Crippen LogP contribution in [0.2, 0.25) is 5.02 Å². The number of aromatic nitrogens is 1. The standard InChI is InChI=1S/C25H25ClN4O4/c26-18-7-9-20(10-8-18)30(22(31)16-28-24(32)21-6-3-15-34-21)23(17-11-13-27-14-12-17)25(33)29-19-4-1-2-5-19/h3,6-15,19,23H,1-2,4-5,16H2,(H,28,32)(H,29,33)/t23-/m1/s1. The Morgan fingerprint density at radius 1 is 1.06 bits per heavy atom. The Hall–Kier alpha value is -3.65. The van der Waals surface area contributed by atoms with Crippen LogP contribution < -0.4 is 15.5 Å². The fraction of sp³-hybridized carbons (Fsp3) is 0.280. The van der Waals surface area contributed by atoms with Crippen molar-refractivity contribution in [3.05, 3.63) is 83.5 Å². The molecule has 1 aromatic carbocycles. The molecule has 0 spiro atoms. The first kappa shape index (κ1) is 23.5. The van der Waals surface area contributed by atoms with E-state index in [0.717, 1.165) is 25.7 Å². The zero-order valence-corrected chi connectivity index (χ0v) is 19.2. The molecule has 0 radical (unpaired) electrons. The number of nitrogens with zero attached hydrogens (tertiary/aromatic N) is 2. The summed E-state index contributed by atoms with van der Waals surface area (Å²) in [6.07, 6.45) is 8.46. The van der Waals surface area contributed by atoms with Gasteiger partial charge in [-0.1, -0.05) is 24.4 Å². The number of carbonyl (C=O) groups is 3. The lowest BCUT2D eigenvalue weighted by molar-refractivity contribution is -0.126. The molecule has 0 unspecified atom stereocenters. The van der Waals surface area contributed by atoms with Gasteiger partial charge in [-0.05, 0) is 66.9 Å². The highest BCUT2D eigenvalue weighted by Crippen LogP contribution is 2.30. The van der Waals surface area contributed by atoms with E-state index in [-0.39, 0.29) is 24.3 Å². The molecule has 1 aliphatic carbocycles. The molecule has 34 heavy (non-hydrogen) atoms. The minimum Gasteiger partial charge on any atom is -0.459 e. The largest absolute Gasteiger partial charge is 0.459 e. The van der Waals surface area contributed by atoms with Gasteiger partial charge in [-0.3, -0.25) is 24.3 Å². The minimum absolute atomic E-state index is 0.0673. The predicted octanol–water partition coefficient (Wildman–Crippen LogP) is 3.89. The maximum Gasteiger partial charge on any atom is 0.287 e. The van der Waals surface area contributed by atoms with Gasteiger partial charge in [0.25, 0.3) is 5.91 Å². The lowest BCUT2D eigenvalue weighted by atomic mass is 10.0. The molecular weight excluding hydrogens is 456 g/mol. The lowest BCUT2D eigenvalue weighted by Gasteiger charge is -2.32. The van der Waals surface area contributed by atoms with Crippen molar-refractivity contribution in [1.82, 2.24) is 15.6 Å². The number of anilines is 1. The summed E-state index contributed by atoms with van der Waals surface area (Å²) in [5.41, 5.74) is 1.08. The van der Waals surface area contributed by atoms with Crippen LogP contribution in [0.3, 0.4) is 0 Å². The topological polar surface area (TPSA) is 105 Å². The molecule has 9 heteroatoms. The van der Waals surface area contributed by atoms with Gasteiger partial charge < -0.3 is 15.1 Å². The van der Waals surface area contributed by atoms with E-state index in [1.165, 1.54) is 17.2 Å². The average molecular weight is 481 g/mol. The van der Waals surface area contributed by atoms with Crippen LogP contribution in [0.5, 0.6) is 0 Å². The highest BCUT2D eigenvalue weighted by molar-refractivity contribution is 6.30. The second kappa shape index (κ2) is 11.0. The molecule has 176 valence electrons. The highest BCUT2D eigenvalue weighted by Gasteiger charge is 2.34. The molecule has 1 saturated carbocycles. The number of benzene rings is 1. The number of hydrogen-bond acceptors (Lipinski definition) is 5. The monoisotopic (exact) mass is 480 g/mol. The molecule has 8 nitrogen and oxygen atoms in total. The third-order valence-corrected chi connectivity index (χ3v) is 6.00. The maximum absolute atomic E-state index is 13.6. The van der Waals surface area contributed by atoms with Crippen molar-refractivity contribution in [2.45, 2.75) is 37.8 Å². The van der Waals surface area contributed by atoms with Crippen LogP contribution in [0.1, 0.15) is 47.8 Å². The molecule has 0 saturated heterocycles. The number of amides is 3. The van der Waals surface area contributed by atoms with Crippen molar-refractivity contribution in [1.29, 1.82) is 0 Å². The van der Waals surface area contributed by atoms with Crippen LogP contribution in [-0.2, 0) is 9.59 Å². The van der Waals surface area contributed by atoms with Crippen LogP contribution in [-0.4, -0.2) is 35.3 Å². The molecule has 4 rings (SSSR count). The summed E-state index contributed by atoms with van der Waals surface area (Å²) in [4.78, 5) is 44.8. The van der Waals surface area contributed by atoms with Crippen LogP contribution in [0.15, 0.2) is 71.6 Å².